The number of nitrogens with one attached hydrogen (secondary N) is 1. The van der Waals surface area contributed by atoms with Gasteiger partial charge in [0.25, 0.3) is 5.92 Å². The Morgan fingerprint density at radius 3 is 2.71 bits per heavy atom. The second kappa shape index (κ2) is 3.77. The van der Waals surface area contributed by atoms with Gasteiger partial charge in [0, 0.05) is 13.1 Å². The van der Waals surface area contributed by atoms with Crippen LogP contribution in [-0.4, -0.2) is 16.9 Å². The van der Waals surface area contributed by atoms with Gasteiger partial charge in [0.2, 0.25) is 0 Å². The van der Waals surface area contributed by atoms with E-state index in [0.29, 0.717) is 5.69 Å². The predicted molar refractivity (Wildman–Crippen MR) is 52.4 cm³/mol. The van der Waals surface area contributed by atoms with Crippen molar-refractivity contribution in [2.45, 2.75) is 25.8 Å². The van der Waals surface area contributed by atoms with E-state index in [4.69, 9.17) is 5.73 Å². The summed E-state index contributed by atoms with van der Waals surface area (Å²) < 4.78 is 25.6. The summed E-state index contributed by atoms with van der Waals surface area (Å²) in [7, 11) is 0. The molecule has 14 heavy (non-hydrogen) atoms. The first kappa shape index (κ1) is 10.7. The molecule has 3 N–H and O–H groups in total. The van der Waals surface area contributed by atoms with Crippen molar-refractivity contribution in [3.05, 3.63) is 18.3 Å². The summed E-state index contributed by atoms with van der Waals surface area (Å²) in [6, 6.07) is 2.28. The fraction of sp³-hybridized carbons (Fsp3) is 0.444. The van der Waals surface area contributed by atoms with E-state index in [1.165, 1.54) is 13.1 Å². The molecule has 0 saturated heterocycles. The van der Waals surface area contributed by atoms with Crippen molar-refractivity contribution < 1.29 is 8.78 Å². The molecule has 1 rings (SSSR count). The Morgan fingerprint density at radius 2 is 2.21 bits per heavy atom. The average molecular weight is 201 g/mol. The molecule has 0 spiro atoms. The Kier molecular flexibility index (Phi) is 2.88. The zero-order valence-corrected chi connectivity index (χ0v) is 8.09. The van der Waals surface area contributed by atoms with Crippen molar-refractivity contribution in [2.75, 3.05) is 11.1 Å². The van der Waals surface area contributed by atoms with E-state index in [1.807, 2.05) is 0 Å². The molecule has 1 aromatic heterocycles. The van der Waals surface area contributed by atoms with Gasteiger partial charge >= 0.3 is 0 Å². The van der Waals surface area contributed by atoms with Crippen LogP contribution in [0.15, 0.2) is 18.3 Å². The second-order valence-electron chi connectivity index (χ2n) is 3.26. The maximum absolute atomic E-state index is 12.8. The highest BCUT2D eigenvalue weighted by molar-refractivity contribution is 5.61. The van der Waals surface area contributed by atoms with Crippen LogP contribution < -0.4 is 11.1 Å². The number of hydrogen-bond donors (Lipinski definition) is 2. The van der Waals surface area contributed by atoms with E-state index in [-0.39, 0.29) is 5.82 Å². The summed E-state index contributed by atoms with van der Waals surface area (Å²) in [5.41, 5.74) is 5.93. The average Bonchev–Trinajstić information content (AvgIpc) is 2.07. The van der Waals surface area contributed by atoms with Crippen LogP contribution in [0.25, 0.3) is 0 Å². The van der Waals surface area contributed by atoms with Crippen molar-refractivity contribution >= 4 is 11.5 Å². The maximum atomic E-state index is 12.8. The number of nitrogens with two attached hydrogens (primary N) is 1. The number of aromatic nitrogens is 1. The monoisotopic (exact) mass is 201 g/mol. The van der Waals surface area contributed by atoms with Crippen molar-refractivity contribution in [2.24, 2.45) is 0 Å². The van der Waals surface area contributed by atoms with E-state index in [9.17, 15) is 8.78 Å². The lowest BCUT2D eigenvalue weighted by molar-refractivity contribution is 0.00702. The zero-order valence-electron chi connectivity index (χ0n) is 8.09. The van der Waals surface area contributed by atoms with Gasteiger partial charge in [0.05, 0.1) is 11.7 Å². The summed E-state index contributed by atoms with van der Waals surface area (Å²) in [5.74, 6) is -2.56. The van der Waals surface area contributed by atoms with E-state index in [2.05, 4.69) is 10.3 Å². The number of nitrogen functional groups attached to an aromatic ring is 1. The van der Waals surface area contributed by atoms with E-state index in [1.54, 1.807) is 12.1 Å². The molecule has 0 aliphatic heterocycles. The predicted octanol–water partition coefficient (Wildman–Crippen LogP) is 2.12. The summed E-state index contributed by atoms with van der Waals surface area (Å²) in [6.07, 6.45) is 1.51. The molecule has 3 nitrogen and oxygen atoms in total. The van der Waals surface area contributed by atoms with Gasteiger partial charge in [0.15, 0.2) is 0 Å². The molecule has 0 radical (unpaired) electrons. The van der Waals surface area contributed by atoms with Gasteiger partial charge < -0.3 is 11.1 Å². The van der Waals surface area contributed by atoms with Gasteiger partial charge in [-0.05, 0) is 19.1 Å². The van der Waals surface area contributed by atoms with Crippen molar-refractivity contribution in [3.63, 3.8) is 0 Å². The molecule has 0 fully saturated rings. The van der Waals surface area contributed by atoms with Crippen LogP contribution in [0.4, 0.5) is 20.3 Å². The minimum Gasteiger partial charge on any atom is -0.382 e. The number of hydrogen-bond acceptors (Lipinski definition) is 3. The standard InChI is InChI=1S/C9H13F2N3/c1-6(9(2,10)11)14-7-4-3-5-13-8(7)12/h3-6,14H,1-2H3,(H2,12,13). The minimum atomic E-state index is -2.79. The molecule has 1 unspecified atom stereocenters. The lowest BCUT2D eigenvalue weighted by Crippen LogP contribution is -2.34. The summed E-state index contributed by atoms with van der Waals surface area (Å²) in [5, 5.41) is 2.61. The lowest BCUT2D eigenvalue weighted by Gasteiger charge is -2.22. The van der Waals surface area contributed by atoms with Crippen LogP contribution in [-0.2, 0) is 0 Å². The van der Waals surface area contributed by atoms with Crippen molar-refractivity contribution in [1.29, 1.82) is 0 Å². The molecule has 1 heterocycles. The molecule has 0 aromatic carbocycles. The number of anilines is 2. The normalized spacial score (nSPS) is 13.7. The summed E-state index contributed by atoms with van der Waals surface area (Å²) in [4.78, 5) is 3.78. The fourth-order valence-electron chi connectivity index (χ4n) is 0.900. The number of rotatable bonds is 3. The van der Waals surface area contributed by atoms with Crippen LogP contribution in [0.1, 0.15) is 13.8 Å². The third-order valence-electron chi connectivity index (χ3n) is 1.97. The lowest BCUT2D eigenvalue weighted by atomic mass is 10.2. The van der Waals surface area contributed by atoms with Gasteiger partial charge in [0.1, 0.15) is 5.82 Å². The quantitative estimate of drug-likeness (QED) is 0.787. The van der Waals surface area contributed by atoms with Gasteiger partial charge in [-0.25, -0.2) is 13.8 Å². The molecule has 1 atom stereocenters. The first-order chi connectivity index (χ1) is 6.41. The molecular weight excluding hydrogens is 188 g/mol. The highest BCUT2D eigenvalue weighted by atomic mass is 19.3. The smallest absolute Gasteiger partial charge is 0.264 e. The third-order valence-corrected chi connectivity index (χ3v) is 1.97. The number of nitrogens with zero attached hydrogens (tertiary/aromatic N) is 1. The van der Waals surface area contributed by atoms with Crippen molar-refractivity contribution in [3.8, 4) is 0 Å². The Hall–Kier alpha value is -1.39. The Balaban J connectivity index is 2.75. The van der Waals surface area contributed by atoms with Crippen LogP contribution >= 0.6 is 0 Å². The van der Waals surface area contributed by atoms with Gasteiger partial charge in [-0.15, -0.1) is 0 Å². The molecule has 0 bridgehead atoms. The SMILES string of the molecule is CC(Nc1cccnc1N)C(C)(F)F. The van der Waals surface area contributed by atoms with Crippen molar-refractivity contribution in [1.82, 2.24) is 4.98 Å². The zero-order chi connectivity index (χ0) is 10.8. The molecule has 78 valence electrons. The van der Waals surface area contributed by atoms with Crippen LogP contribution in [0, 0.1) is 0 Å². The fourth-order valence-corrected chi connectivity index (χ4v) is 0.900. The Morgan fingerprint density at radius 1 is 1.57 bits per heavy atom. The van der Waals surface area contributed by atoms with E-state index in [0.717, 1.165) is 6.92 Å². The topological polar surface area (TPSA) is 50.9 Å². The van der Waals surface area contributed by atoms with Gasteiger partial charge in [-0.3, -0.25) is 0 Å². The molecule has 5 heteroatoms. The van der Waals surface area contributed by atoms with Gasteiger partial charge in [-0.2, -0.15) is 0 Å². The van der Waals surface area contributed by atoms with E-state index >= 15 is 0 Å². The number of pyridine rings is 1. The summed E-state index contributed by atoms with van der Waals surface area (Å²) >= 11 is 0. The molecule has 0 aliphatic rings. The molecule has 0 saturated carbocycles. The summed E-state index contributed by atoms with van der Waals surface area (Å²) in [6.45, 7) is 2.25. The molecule has 1 aromatic rings. The van der Waals surface area contributed by atoms with Crippen LogP contribution in [0.3, 0.4) is 0 Å². The maximum Gasteiger partial charge on any atom is 0.264 e. The highest BCUT2D eigenvalue weighted by Gasteiger charge is 2.30. The minimum absolute atomic E-state index is 0.226. The Labute approximate surface area is 81.3 Å². The van der Waals surface area contributed by atoms with Gasteiger partial charge in [-0.1, -0.05) is 0 Å². The van der Waals surface area contributed by atoms with E-state index < -0.39 is 12.0 Å². The first-order valence-corrected chi connectivity index (χ1v) is 4.26. The van der Waals surface area contributed by atoms with Crippen LogP contribution in [0.2, 0.25) is 0 Å². The first-order valence-electron chi connectivity index (χ1n) is 4.26. The Bertz CT molecular complexity index is 309. The largest absolute Gasteiger partial charge is 0.382 e. The number of alkyl halides is 2. The highest BCUT2D eigenvalue weighted by Crippen LogP contribution is 2.23. The second-order valence-corrected chi connectivity index (χ2v) is 3.26. The molecule has 0 amide bonds. The molecular formula is C9H13F2N3. The third kappa shape index (κ3) is 2.55. The van der Waals surface area contributed by atoms with Crippen LogP contribution in [0.5, 0.6) is 0 Å². The molecule has 0 aliphatic carbocycles. The number of halogens is 2.